The smallest absolute Gasteiger partial charge is 0.0880 e. The molecule has 10 heavy (non-hydrogen) atoms. The van der Waals surface area contributed by atoms with Gasteiger partial charge in [0.25, 0.3) is 0 Å². The minimum Gasteiger partial charge on any atom is -0.255 e. The summed E-state index contributed by atoms with van der Waals surface area (Å²) in [6.45, 7) is 7.16. The number of nitrogens with zero attached hydrogens (tertiary/aromatic N) is 2. The van der Waals surface area contributed by atoms with Gasteiger partial charge in [-0.05, 0) is 12.2 Å². The van der Waals surface area contributed by atoms with Crippen LogP contribution < -0.4 is 0 Å². The molecule has 0 aromatic carbocycles. The van der Waals surface area contributed by atoms with Crippen LogP contribution in [0, 0.1) is 0 Å². The second kappa shape index (κ2) is 2.92. The Bertz CT molecular complexity index is 244. The molecule has 1 heterocycles. The fourth-order valence-electron chi connectivity index (χ4n) is 0.645. The lowest BCUT2D eigenvalue weighted by Gasteiger charge is -2.00. The van der Waals surface area contributed by atoms with Crippen LogP contribution in [0.2, 0.25) is 0 Å². The quantitative estimate of drug-likeness (QED) is 0.519. The molecule has 2 heteroatoms. The summed E-state index contributed by atoms with van der Waals surface area (Å²) in [4.78, 5) is 7.89. The second-order valence-electron chi connectivity index (χ2n) is 1.78. The van der Waals surface area contributed by atoms with Gasteiger partial charge in [0.05, 0.1) is 11.4 Å². The van der Waals surface area contributed by atoms with Gasteiger partial charge in [0.1, 0.15) is 0 Å². The van der Waals surface area contributed by atoms with Crippen molar-refractivity contribution >= 4 is 11.9 Å². The first kappa shape index (κ1) is 6.68. The maximum atomic E-state index is 3.95. The Morgan fingerprint density at radius 3 is 3.00 bits per heavy atom. The molecule has 0 aromatic heterocycles. The lowest BCUT2D eigenvalue weighted by Crippen LogP contribution is -1.98. The molecule has 0 aliphatic carbocycles. The van der Waals surface area contributed by atoms with Gasteiger partial charge in [-0.15, -0.1) is 0 Å². The maximum Gasteiger partial charge on any atom is 0.0880 e. The molecule has 0 saturated carbocycles. The van der Waals surface area contributed by atoms with Gasteiger partial charge in [-0.25, -0.2) is 0 Å². The molecule has 0 atom stereocenters. The van der Waals surface area contributed by atoms with E-state index in [1.54, 1.807) is 6.21 Å². The Labute approximate surface area is 60.0 Å². The third kappa shape index (κ3) is 1.29. The molecular weight excluding hydrogens is 124 g/mol. The summed E-state index contributed by atoms with van der Waals surface area (Å²) >= 11 is 0. The van der Waals surface area contributed by atoms with Crippen LogP contribution in [0.3, 0.4) is 0 Å². The van der Waals surface area contributed by atoms with Gasteiger partial charge in [0, 0.05) is 12.4 Å². The molecule has 0 aromatic rings. The monoisotopic (exact) mass is 132 g/mol. The molecule has 0 amide bonds. The standard InChI is InChI=1S/C8H8N2/c1-3-9-8-5-4-6-10-7(8)2/h3-6H,1-2H2. The summed E-state index contributed by atoms with van der Waals surface area (Å²) in [6.07, 6.45) is 6.82. The SMILES string of the molecule is C=CN=C1C=CC=NC1=C. The van der Waals surface area contributed by atoms with E-state index in [1.807, 2.05) is 12.2 Å². The summed E-state index contributed by atoms with van der Waals surface area (Å²) in [6, 6.07) is 0. The summed E-state index contributed by atoms with van der Waals surface area (Å²) < 4.78 is 0. The van der Waals surface area contributed by atoms with Crippen LogP contribution >= 0.6 is 0 Å². The first-order valence-electron chi connectivity index (χ1n) is 2.93. The Hall–Kier alpha value is -1.44. The van der Waals surface area contributed by atoms with Crippen LogP contribution in [-0.2, 0) is 0 Å². The molecule has 0 unspecified atom stereocenters. The predicted molar refractivity (Wildman–Crippen MR) is 44.4 cm³/mol. The van der Waals surface area contributed by atoms with Crippen LogP contribution in [0.15, 0.2) is 47.2 Å². The lowest BCUT2D eigenvalue weighted by atomic mass is 10.2. The van der Waals surface area contributed by atoms with Crippen molar-refractivity contribution in [3.05, 3.63) is 37.2 Å². The molecule has 1 aliphatic rings. The number of hydrogen-bond donors (Lipinski definition) is 0. The highest BCUT2D eigenvalue weighted by atomic mass is 14.8. The summed E-state index contributed by atoms with van der Waals surface area (Å²) in [5.74, 6) is 0. The predicted octanol–water partition coefficient (Wildman–Crippen LogP) is 1.73. The van der Waals surface area contributed by atoms with E-state index in [-0.39, 0.29) is 0 Å². The maximum absolute atomic E-state index is 3.95. The van der Waals surface area contributed by atoms with Crippen molar-refractivity contribution in [1.82, 2.24) is 0 Å². The highest BCUT2D eigenvalue weighted by Crippen LogP contribution is 2.02. The molecule has 0 radical (unpaired) electrons. The van der Waals surface area contributed by atoms with Gasteiger partial charge in [-0.1, -0.05) is 13.2 Å². The normalized spacial score (nSPS) is 20.0. The zero-order valence-electron chi connectivity index (χ0n) is 5.62. The van der Waals surface area contributed by atoms with E-state index in [0.29, 0.717) is 5.70 Å². The minimum absolute atomic E-state index is 0.683. The highest BCUT2D eigenvalue weighted by molar-refractivity contribution is 6.12. The third-order valence-corrected chi connectivity index (χ3v) is 1.10. The fraction of sp³-hybridized carbons (Fsp3) is 0. The van der Waals surface area contributed by atoms with Crippen molar-refractivity contribution in [2.24, 2.45) is 9.98 Å². The third-order valence-electron chi connectivity index (χ3n) is 1.10. The zero-order chi connectivity index (χ0) is 7.40. The summed E-state index contributed by atoms with van der Waals surface area (Å²) in [5.41, 5.74) is 1.46. The van der Waals surface area contributed by atoms with Crippen molar-refractivity contribution in [3.63, 3.8) is 0 Å². The molecule has 0 N–H and O–H groups in total. The van der Waals surface area contributed by atoms with Gasteiger partial charge in [0.15, 0.2) is 0 Å². The van der Waals surface area contributed by atoms with Crippen LogP contribution in [0.4, 0.5) is 0 Å². The van der Waals surface area contributed by atoms with Crippen LogP contribution in [0.1, 0.15) is 0 Å². The van der Waals surface area contributed by atoms with Gasteiger partial charge < -0.3 is 0 Å². The first-order valence-corrected chi connectivity index (χ1v) is 2.93. The van der Waals surface area contributed by atoms with Crippen molar-refractivity contribution in [2.45, 2.75) is 0 Å². The number of dihydropyridines is 1. The van der Waals surface area contributed by atoms with Crippen molar-refractivity contribution in [3.8, 4) is 0 Å². The summed E-state index contributed by atoms with van der Waals surface area (Å²) in [7, 11) is 0. The van der Waals surface area contributed by atoms with Gasteiger partial charge in [-0.3, -0.25) is 9.98 Å². The van der Waals surface area contributed by atoms with E-state index in [2.05, 4.69) is 23.1 Å². The van der Waals surface area contributed by atoms with Crippen LogP contribution in [0.25, 0.3) is 0 Å². The molecule has 0 bridgehead atoms. The number of rotatable bonds is 1. The Kier molecular flexibility index (Phi) is 1.95. The molecule has 1 rings (SSSR count). The molecule has 0 fully saturated rings. The average molecular weight is 132 g/mol. The highest BCUT2D eigenvalue weighted by Gasteiger charge is 1.98. The van der Waals surface area contributed by atoms with Gasteiger partial charge in [-0.2, -0.15) is 0 Å². The number of allylic oxidation sites excluding steroid dienone is 2. The molecule has 1 aliphatic heterocycles. The Morgan fingerprint density at radius 1 is 1.60 bits per heavy atom. The van der Waals surface area contributed by atoms with Crippen LogP contribution in [-0.4, -0.2) is 11.9 Å². The number of aliphatic imine (C=N–C) groups is 2. The molecule has 2 nitrogen and oxygen atoms in total. The molecule has 0 spiro atoms. The average Bonchev–Trinajstić information content (AvgIpc) is 1.94. The van der Waals surface area contributed by atoms with Crippen molar-refractivity contribution in [1.29, 1.82) is 0 Å². The topological polar surface area (TPSA) is 24.7 Å². The first-order chi connectivity index (χ1) is 4.84. The van der Waals surface area contributed by atoms with Crippen LogP contribution in [0.5, 0.6) is 0 Å². The van der Waals surface area contributed by atoms with E-state index in [0.717, 1.165) is 5.71 Å². The van der Waals surface area contributed by atoms with Crippen molar-refractivity contribution < 1.29 is 0 Å². The van der Waals surface area contributed by atoms with Gasteiger partial charge >= 0.3 is 0 Å². The second-order valence-corrected chi connectivity index (χ2v) is 1.78. The van der Waals surface area contributed by atoms with E-state index in [1.165, 1.54) is 6.20 Å². The fourth-order valence-corrected chi connectivity index (χ4v) is 0.645. The van der Waals surface area contributed by atoms with Crippen molar-refractivity contribution in [2.75, 3.05) is 0 Å². The molecule has 0 saturated heterocycles. The van der Waals surface area contributed by atoms with E-state index < -0.39 is 0 Å². The Morgan fingerprint density at radius 2 is 2.40 bits per heavy atom. The van der Waals surface area contributed by atoms with E-state index in [9.17, 15) is 0 Å². The van der Waals surface area contributed by atoms with E-state index in [4.69, 9.17) is 0 Å². The number of hydrogen-bond acceptors (Lipinski definition) is 2. The van der Waals surface area contributed by atoms with Gasteiger partial charge in [0.2, 0.25) is 0 Å². The van der Waals surface area contributed by atoms with E-state index >= 15 is 0 Å². The summed E-state index contributed by atoms with van der Waals surface area (Å²) in [5, 5.41) is 0. The molecular formula is C8H8N2. The largest absolute Gasteiger partial charge is 0.255 e. The lowest BCUT2D eigenvalue weighted by molar-refractivity contribution is 1.45. The minimum atomic E-state index is 0.683. The zero-order valence-corrected chi connectivity index (χ0v) is 5.62. The Balaban J connectivity index is 2.90. The molecule has 50 valence electrons.